The minimum Gasteiger partial charge on any atom is -0.491 e. The molecular weight excluding hydrogens is 525 g/mol. The van der Waals surface area contributed by atoms with Crippen LogP contribution in [0.3, 0.4) is 0 Å². The third kappa shape index (κ3) is 8.30. The van der Waals surface area contributed by atoms with Gasteiger partial charge in [-0.2, -0.15) is 13.2 Å². The molecule has 0 saturated carbocycles. The van der Waals surface area contributed by atoms with Gasteiger partial charge in [0.05, 0.1) is 17.4 Å². The lowest BCUT2D eigenvalue weighted by Gasteiger charge is -2.36. The van der Waals surface area contributed by atoms with Crippen molar-refractivity contribution in [2.24, 2.45) is 5.92 Å². The number of anilines is 1. The molecule has 0 radical (unpaired) electrons. The second-order valence-corrected chi connectivity index (χ2v) is 11.3. The number of amides is 1. The predicted molar refractivity (Wildman–Crippen MR) is 136 cm³/mol. The number of alkyl halides is 3. The SMILES string of the molecule is CO[C@@H]1CN(C)C(=O)c2ccc(NS(=O)(=O)CC(F)(F)F)cc2OC[C@H](C)N(Cc2cccnc2)C[C@H]1C. The minimum absolute atomic E-state index is 0.0543. The summed E-state index contributed by atoms with van der Waals surface area (Å²) in [6, 6.07) is 7.48. The molecule has 0 saturated heterocycles. The third-order valence-electron chi connectivity index (χ3n) is 6.31. The Morgan fingerprint density at radius 2 is 1.95 bits per heavy atom. The Bertz CT molecular complexity index is 1200. The summed E-state index contributed by atoms with van der Waals surface area (Å²) in [6.07, 6.45) is -1.70. The Balaban J connectivity index is 1.94. The molecule has 1 aromatic heterocycles. The average Bonchev–Trinajstić information content (AvgIpc) is 2.83. The van der Waals surface area contributed by atoms with Crippen LogP contribution in [-0.2, 0) is 21.3 Å². The second kappa shape index (κ2) is 12.3. The van der Waals surface area contributed by atoms with E-state index in [2.05, 4.69) is 16.8 Å². The number of hydrogen-bond acceptors (Lipinski definition) is 7. The molecule has 1 N–H and O–H groups in total. The van der Waals surface area contributed by atoms with Crippen molar-refractivity contribution in [3.8, 4) is 5.75 Å². The van der Waals surface area contributed by atoms with Crippen molar-refractivity contribution in [1.82, 2.24) is 14.8 Å². The molecule has 1 amide bonds. The molecule has 38 heavy (non-hydrogen) atoms. The van der Waals surface area contributed by atoms with Crippen LogP contribution < -0.4 is 9.46 Å². The number of fused-ring (bicyclic) bond motifs is 1. The molecule has 210 valence electrons. The van der Waals surface area contributed by atoms with Crippen molar-refractivity contribution in [2.45, 2.75) is 38.7 Å². The van der Waals surface area contributed by atoms with E-state index in [4.69, 9.17) is 9.47 Å². The zero-order valence-corrected chi connectivity index (χ0v) is 22.6. The first-order valence-corrected chi connectivity index (χ1v) is 13.7. The van der Waals surface area contributed by atoms with Gasteiger partial charge in [0.15, 0.2) is 5.75 Å². The summed E-state index contributed by atoms with van der Waals surface area (Å²) in [5.41, 5.74) is 1.01. The van der Waals surface area contributed by atoms with Crippen molar-refractivity contribution in [3.05, 3.63) is 53.9 Å². The summed E-state index contributed by atoms with van der Waals surface area (Å²) in [4.78, 5) is 21.1. The molecule has 0 bridgehead atoms. The molecule has 3 atom stereocenters. The number of benzene rings is 1. The van der Waals surface area contributed by atoms with E-state index < -0.39 is 22.0 Å². The van der Waals surface area contributed by atoms with Gasteiger partial charge in [0.2, 0.25) is 10.0 Å². The van der Waals surface area contributed by atoms with Gasteiger partial charge in [-0.15, -0.1) is 0 Å². The molecular formula is C25H33F3N4O5S. The first-order chi connectivity index (χ1) is 17.8. The normalized spacial score (nSPS) is 22.1. The fourth-order valence-corrected chi connectivity index (χ4v) is 5.28. The maximum absolute atomic E-state index is 13.3. The van der Waals surface area contributed by atoms with E-state index in [1.54, 1.807) is 26.6 Å². The Morgan fingerprint density at radius 1 is 1.21 bits per heavy atom. The van der Waals surface area contributed by atoms with Crippen LogP contribution in [0.5, 0.6) is 5.75 Å². The first-order valence-electron chi connectivity index (χ1n) is 12.0. The minimum atomic E-state index is -4.90. The van der Waals surface area contributed by atoms with E-state index in [1.165, 1.54) is 23.1 Å². The van der Waals surface area contributed by atoms with Crippen molar-refractivity contribution < 1.29 is 35.9 Å². The third-order valence-corrected chi connectivity index (χ3v) is 7.57. The molecule has 9 nitrogen and oxygen atoms in total. The summed E-state index contributed by atoms with van der Waals surface area (Å²) < 4.78 is 75.7. The van der Waals surface area contributed by atoms with E-state index in [9.17, 15) is 26.4 Å². The van der Waals surface area contributed by atoms with Crippen LogP contribution in [0.4, 0.5) is 18.9 Å². The summed E-state index contributed by atoms with van der Waals surface area (Å²) in [7, 11) is -1.50. The monoisotopic (exact) mass is 558 g/mol. The van der Waals surface area contributed by atoms with E-state index >= 15 is 0 Å². The van der Waals surface area contributed by atoms with Gasteiger partial charge in [0.1, 0.15) is 12.4 Å². The average molecular weight is 559 g/mol. The Morgan fingerprint density at radius 3 is 2.58 bits per heavy atom. The number of sulfonamides is 1. The van der Waals surface area contributed by atoms with Crippen molar-refractivity contribution in [2.75, 3.05) is 44.3 Å². The molecule has 2 heterocycles. The Labute approximate surface area is 221 Å². The Kier molecular flexibility index (Phi) is 9.60. The lowest BCUT2D eigenvalue weighted by atomic mass is 10.0. The number of pyridine rings is 1. The number of nitrogens with one attached hydrogen (secondary N) is 1. The van der Waals surface area contributed by atoms with E-state index in [1.807, 2.05) is 23.8 Å². The fourth-order valence-electron chi connectivity index (χ4n) is 4.29. The number of methoxy groups -OCH3 is 1. The smallest absolute Gasteiger partial charge is 0.404 e. The van der Waals surface area contributed by atoms with Gasteiger partial charge in [0.25, 0.3) is 5.91 Å². The van der Waals surface area contributed by atoms with Crippen LogP contribution in [0.25, 0.3) is 0 Å². The van der Waals surface area contributed by atoms with Crippen LogP contribution >= 0.6 is 0 Å². The number of nitrogens with zero attached hydrogens (tertiary/aromatic N) is 3. The summed E-state index contributed by atoms with van der Waals surface area (Å²) in [6.45, 7) is 5.63. The van der Waals surface area contributed by atoms with E-state index in [0.29, 0.717) is 13.1 Å². The molecule has 0 fully saturated rings. The van der Waals surface area contributed by atoms with Gasteiger partial charge in [-0.1, -0.05) is 13.0 Å². The molecule has 0 spiro atoms. The largest absolute Gasteiger partial charge is 0.491 e. The summed E-state index contributed by atoms with van der Waals surface area (Å²) in [5, 5.41) is 0. The first kappa shape index (κ1) is 29.7. The highest BCUT2D eigenvalue weighted by atomic mass is 32.2. The highest BCUT2D eigenvalue weighted by molar-refractivity contribution is 7.92. The van der Waals surface area contributed by atoms with Gasteiger partial charge in [-0.25, -0.2) is 8.42 Å². The van der Waals surface area contributed by atoms with Crippen LogP contribution in [0.15, 0.2) is 42.7 Å². The fraction of sp³-hybridized carbons (Fsp3) is 0.520. The van der Waals surface area contributed by atoms with Crippen molar-refractivity contribution >= 4 is 21.6 Å². The topological polar surface area (TPSA) is 101 Å². The highest BCUT2D eigenvalue weighted by Gasteiger charge is 2.35. The molecule has 2 aromatic rings. The molecule has 1 aromatic carbocycles. The molecule has 13 heteroatoms. The van der Waals surface area contributed by atoms with E-state index in [-0.39, 0.29) is 54.1 Å². The number of aromatic nitrogens is 1. The van der Waals surface area contributed by atoms with Gasteiger partial charge >= 0.3 is 6.18 Å². The van der Waals surface area contributed by atoms with Gasteiger partial charge in [-0.3, -0.25) is 19.4 Å². The zero-order valence-electron chi connectivity index (χ0n) is 21.7. The van der Waals surface area contributed by atoms with Gasteiger partial charge in [0, 0.05) is 58.3 Å². The number of carbonyl (C=O) groups is 1. The standard InChI is InChI=1S/C25H33F3N4O5S/c1-17-12-32(13-19-6-5-9-29-11-19)18(2)15-37-22-10-20(30-38(34,35)16-25(26,27)28)7-8-21(22)24(33)31(3)14-23(17)36-4/h5-11,17-18,23,30H,12-16H2,1-4H3/t17-,18+,23-/m1/s1. The lowest BCUT2D eigenvalue weighted by molar-refractivity contribution is -0.106. The van der Waals surface area contributed by atoms with E-state index in [0.717, 1.165) is 5.56 Å². The molecule has 0 unspecified atom stereocenters. The van der Waals surface area contributed by atoms with Crippen molar-refractivity contribution in [3.63, 3.8) is 0 Å². The zero-order chi connectivity index (χ0) is 28.1. The number of ether oxygens (including phenoxy) is 2. The van der Waals surface area contributed by atoms with Gasteiger partial charge < -0.3 is 14.4 Å². The molecule has 3 rings (SSSR count). The number of likely N-dealkylation sites (N-methyl/N-ethyl adjacent to an activating group) is 1. The Hall–Kier alpha value is -2.90. The number of halogens is 3. The quantitative estimate of drug-likeness (QED) is 0.580. The maximum atomic E-state index is 13.3. The molecule has 1 aliphatic rings. The van der Waals surface area contributed by atoms with Crippen molar-refractivity contribution in [1.29, 1.82) is 0 Å². The van der Waals surface area contributed by atoms with Crippen LogP contribution in [0, 0.1) is 5.92 Å². The maximum Gasteiger partial charge on any atom is 0.404 e. The van der Waals surface area contributed by atoms with Gasteiger partial charge in [-0.05, 0) is 36.6 Å². The van der Waals surface area contributed by atoms with Crippen LogP contribution in [0.1, 0.15) is 29.8 Å². The van der Waals surface area contributed by atoms with Crippen LogP contribution in [-0.4, -0.2) is 87.0 Å². The highest BCUT2D eigenvalue weighted by Crippen LogP contribution is 2.28. The number of hydrogen-bond donors (Lipinski definition) is 1. The van der Waals surface area contributed by atoms with Crippen LogP contribution in [0.2, 0.25) is 0 Å². The molecule has 0 aliphatic carbocycles. The lowest BCUT2D eigenvalue weighted by Crippen LogP contribution is -2.46. The number of rotatable bonds is 6. The second-order valence-electron chi connectivity index (χ2n) is 9.58. The summed E-state index contributed by atoms with van der Waals surface area (Å²) in [5.74, 6) is -2.31. The molecule has 1 aliphatic heterocycles. The number of carbonyl (C=O) groups excluding carboxylic acids is 1. The predicted octanol–water partition coefficient (Wildman–Crippen LogP) is 3.39. The summed E-state index contributed by atoms with van der Waals surface area (Å²) >= 11 is 0.